The van der Waals surface area contributed by atoms with Gasteiger partial charge in [-0.2, -0.15) is 0 Å². The Kier molecular flexibility index (Phi) is 3.48. The molecule has 2 nitrogen and oxygen atoms in total. The predicted molar refractivity (Wildman–Crippen MR) is 75.9 cm³/mol. The second-order valence-corrected chi connectivity index (χ2v) is 5.01. The van der Waals surface area contributed by atoms with Gasteiger partial charge in [-0.1, -0.05) is 6.07 Å². The molecule has 0 aliphatic heterocycles. The molecule has 88 valence electrons. The van der Waals surface area contributed by atoms with Gasteiger partial charge in [0.15, 0.2) is 0 Å². The van der Waals surface area contributed by atoms with Crippen LogP contribution in [0.5, 0.6) is 0 Å². The Morgan fingerprint density at radius 2 is 1.76 bits per heavy atom. The van der Waals surface area contributed by atoms with Crippen molar-refractivity contribution in [2.24, 2.45) is 0 Å². The second kappa shape index (κ2) is 4.88. The van der Waals surface area contributed by atoms with E-state index in [0.29, 0.717) is 0 Å². The van der Waals surface area contributed by atoms with Crippen molar-refractivity contribution in [1.82, 2.24) is 4.98 Å². The molecule has 0 unspecified atom stereocenters. The zero-order valence-electron chi connectivity index (χ0n) is 10.2. The fourth-order valence-electron chi connectivity index (χ4n) is 1.58. The molecule has 0 radical (unpaired) electrons. The highest BCUT2D eigenvalue weighted by Crippen LogP contribution is 2.27. The van der Waals surface area contributed by atoms with Crippen molar-refractivity contribution >= 4 is 27.4 Å². The van der Waals surface area contributed by atoms with E-state index in [9.17, 15) is 0 Å². The average molecular weight is 291 g/mol. The highest BCUT2D eigenvalue weighted by molar-refractivity contribution is 9.10. The quantitative estimate of drug-likeness (QED) is 0.880. The summed E-state index contributed by atoms with van der Waals surface area (Å²) in [5, 5.41) is 3.32. The number of anilines is 2. The maximum absolute atomic E-state index is 4.33. The number of aryl methyl sites for hydroxylation is 3. The molecule has 17 heavy (non-hydrogen) atoms. The van der Waals surface area contributed by atoms with E-state index in [2.05, 4.69) is 65.2 Å². The molecule has 1 aromatic carbocycles. The fraction of sp³-hybridized carbons (Fsp3) is 0.214. The zero-order valence-corrected chi connectivity index (χ0v) is 11.8. The zero-order chi connectivity index (χ0) is 12.4. The van der Waals surface area contributed by atoms with Gasteiger partial charge in [-0.25, -0.2) is 4.98 Å². The van der Waals surface area contributed by atoms with Crippen LogP contribution in [0.2, 0.25) is 0 Å². The van der Waals surface area contributed by atoms with Crippen LogP contribution in [-0.2, 0) is 0 Å². The third kappa shape index (κ3) is 2.67. The van der Waals surface area contributed by atoms with Gasteiger partial charge in [0, 0.05) is 11.9 Å². The van der Waals surface area contributed by atoms with E-state index in [1.165, 1.54) is 16.7 Å². The van der Waals surface area contributed by atoms with Gasteiger partial charge in [0.1, 0.15) is 5.82 Å². The average Bonchev–Trinajstić information content (AvgIpc) is 2.30. The molecule has 1 heterocycles. The summed E-state index contributed by atoms with van der Waals surface area (Å²) in [6.07, 6.45) is 1.81. The van der Waals surface area contributed by atoms with Crippen LogP contribution < -0.4 is 5.32 Å². The topological polar surface area (TPSA) is 24.9 Å². The minimum atomic E-state index is 0.855. The lowest BCUT2D eigenvalue weighted by atomic mass is 10.1. The Morgan fingerprint density at radius 1 is 1.00 bits per heavy atom. The Balaban J connectivity index is 2.31. The van der Waals surface area contributed by atoms with E-state index in [0.717, 1.165) is 16.0 Å². The van der Waals surface area contributed by atoms with Crippen LogP contribution in [-0.4, -0.2) is 4.98 Å². The molecular formula is C14H15BrN2. The molecule has 1 aromatic heterocycles. The van der Waals surface area contributed by atoms with E-state index in [-0.39, 0.29) is 0 Å². The number of aromatic nitrogens is 1. The molecule has 3 heteroatoms. The molecule has 0 spiro atoms. The summed E-state index contributed by atoms with van der Waals surface area (Å²) in [5.41, 5.74) is 4.81. The maximum Gasteiger partial charge on any atom is 0.144 e. The van der Waals surface area contributed by atoms with Gasteiger partial charge in [-0.3, -0.25) is 0 Å². The number of pyridine rings is 1. The van der Waals surface area contributed by atoms with Crippen LogP contribution in [0.4, 0.5) is 11.5 Å². The van der Waals surface area contributed by atoms with Gasteiger partial charge < -0.3 is 5.32 Å². The second-order valence-electron chi connectivity index (χ2n) is 4.21. The molecule has 0 saturated heterocycles. The van der Waals surface area contributed by atoms with E-state index in [4.69, 9.17) is 0 Å². The molecule has 2 rings (SSSR count). The summed E-state index contributed by atoms with van der Waals surface area (Å²) >= 11 is 3.55. The van der Waals surface area contributed by atoms with Gasteiger partial charge in [0.2, 0.25) is 0 Å². The SMILES string of the molecule is Cc1ccc(Nc2nccc(C)c2Br)cc1C. The molecule has 0 fully saturated rings. The third-order valence-electron chi connectivity index (χ3n) is 2.85. The van der Waals surface area contributed by atoms with Crippen molar-refractivity contribution < 1.29 is 0 Å². The van der Waals surface area contributed by atoms with Gasteiger partial charge in [-0.15, -0.1) is 0 Å². The first kappa shape index (κ1) is 12.1. The van der Waals surface area contributed by atoms with E-state index >= 15 is 0 Å². The van der Waals surface area contributed by atoms with Gasteiger partial charge in [-0.05, 0) is 71.6 Å². The monoisotopic (exact) mass is 290 g/mol. The molecule has 0 amide bonds. The molecule has 0 bridgehead atoms. The summed E-state index contributed by atoms with van der Waals surface area (Å²) in [6, 6.07) is 8.29. The van der Waals surface area contributed by atoms with Crippen molar-refractivity contribution in [3.63, 3.8) is 0 Å². The molecule has 0 aliphatic rings. The Morgan fingerprint density at radius 3 is 2.47 bits per heavy atom. The number of hydrogen-bond donors (Lipinski definition) is 1. The highest BCUT2D eigenvalue weighted by Gasteiger charge is 2.04. The lowest BCUT2D eigenvalue weighted by Crippen LogP contribution is -1.96. The summed E-state index contributed by atoms with van der Waals surface area (Å²) in [4.78, 5) is 4.33. The molecular weight excluding hydrogens is 276 g/mol. The van der Waals surface area contributed by atoms with Crippen molar-refractivity contribution in [2.75, 3.05) is 5.32 Å². The Hall–Kier alpha value is -1.35. The first-order valence-corrected chi connectivity index (χ1v) is 6.32. The lowest BCUT2D eigenvalue weighted by Gasteiger charge is -2.10. The van der Waals surface area contributed by atoms with Crippen molar-refractivity contribution in [3.8, 4) is 0 Å². The molecule has 0 aliphatic carbocycles. The van der Waals surface area contributed by atoms with Gasteiger partial charge >= 0.3 is 0 Å². The number of benzene rings is 1. The Bertz CT molecular complexity index is 550. The van der Waals surface area contributed by atoms with Crippen LogP contribution in [0, 0.1) is 20.8 Å². The van der Waals surface area contributed by atoms with Crippen LogP contribution in [0.25, 0.3) is 0 Å². The molecule has 0 atom stereocenters. The first-order valence-electron chi connectivity index (χ1n) is 5.53. The first-order chi connectivity index (χ1) is 8.08. The molecule has 0 saturated carbocycles. The number of rotatable bonds is 2. The van der Waals surface area contributed by atoms with Crippen LogP contribution in [0.3, 0.4) is 0 Å². The van der Waals surface area contributed by atoms with Crippen LogP contribution >= 0.6 is 15.9 Å². The van der Waals surface area contributed by atoms with Crippen LogP contribution in [0.1, 0.15) is 16.7 Å². The number of hydrogen-bond acceptors (Lipinski definition) is 2. The van der Waals surface area contributed by atoms with Crippen molar-refractivity contribution in [2.45, 2.75) is 20.8 Å². The van der Waals surface area contributed by atoms with Crippen LogP contribution in [0.15, 0.2) is 34.9 Å². The van der Waals surface area contributed by atoms with Crippen molar-refractivity contribution in [1.29, 1.82) is 0 Å². The third-order valence-corrected chi connectivity index (χ3v) is 3.85. The number of nitrogens with zero attached hydrogens (tertiary/aromatic N) is 1. The van der Waals surface area contributed by atoms with Gasteiger partial charge in [0.25, 0.3) is 0 Å². The molecule has 1 N–H and O–H groups in total. The highest BCUT2D eigenvalue weighted by atomic mass is 79.9. The normalized spacial score (nSPS) is 10.4. The van der Waals surface area contributed by atoms with E-state index < -0.39 is 0 Å². The molecule has 2 aromatic rings. The summed E-state index contributed by atoms with van der Waals surface area (Å²) in [7, 11) is 0. The smallest absolute Gasteiger partial charge is 0.144 e. The largest absolute Gasteiger partial charge is 0.339 e. The number of nitrogens with one attached hydrogen (secondary N) is 1. The fourth-order valence-corrected chi connectivity index (χ4v) is 1.92. The maximum atomic E-state index is 4.33. The number of halogens is 1. The summed E-state index contributed by atoms with van der Waals surface area (Å²) in [5.74, 6) is 0.855. The van der Waals surface area contributed by atoms with E-state index in [1.54, 1.807) is 0 Å². The summed E-state index contributed by atoms with van der Waals surface area (Å²) < 4.78 is 1.01. The van der Waals surface area contributed by atoms with Crippen molar-refractivity contribution in [3.05, 3.63) is 51.6 Å². The predicted octanol–water partition coefficient (Wildman–Crippen LogP) is 4.51. The standard InChI is InChI=1S/C14H15BrN2/c1-9-4-5-12(8-11(9)3)17-14-13(15)10(2)6-7-16-14/h4-8H,1-3H3,(H,16,17). The minimum Gasteiger partial charge on any atom is -0.339 e. The minimum absolute atomic E-state index is 0.855. The van der Waals surface area contributed by atoms with E-state index in [1.807, 2.05) is 12.3 Å². The lowest BCUT2D eigenvalue weighted by molar-refractivity contribution is 1.24. The summed E-state index contributed by atoms with van der Waals surface area (Å²) in [6.45, 7) is 6.27. The van der Waals surface area contributed by atoms with Gasteiger partial charge in [0.05, 0.1) is 4.47 Å². The Labute approximate surface area is 110 Å².